The van der Waals surface area contributed by atoms with E-state index in [9.17, 15) is 9.50 Å². The second kappa shape index (κ2) is 6.16. The van der Waals surface area contributed by atoms with Crippen LogP contribution in [0.3, 0.4) is 0 Å². The number of ether oxygens (including phenoxy) is 1. The van der Waals surface area contributed by atoms with Crippen LogP contribution in [0, 0.1) is 11.2 Å². The smallest absolute Gasteiger partial charge is 0.165 e. The van der Waals surface area contributed by atoms with E-state index in [1.165, 1.54) is 13.2 Å². The summed E-state index contributed by atoms with van der Waals surface area (Å²) in [5.74, 6) is -0.105. The number of aliphatic hydroxyl groups excluding tert-OH is 1. The molecule has 0 fully saturated rings. The molecular weight excluding hydrogens is 233 g/mol. The molecule has 4 heteroatoms. The molecular formula is C14H22FNO2. The van der Waals surface area contributed by atoms with Crippen LogP contribution in [0.5, 0.6) is 5.75 Å². The Labute approximate surface area is 108 Å². The monoisotopic (exact) mass is 255 g/mol. The molecule has 2 N–H and O–H groups in total. The fourth-order valence-electron chi connectivity index (χ4n) is 1.55. The van der Waals surface area contributed by atoms with Gasteiger partial charge in [0.2, 0.25) is 0 Å². The van der Waals surface area contributed by atoms with Gasteiger partial charge in [0.1, 0.15) is 0 Å². The molecule has 0 aliphatic heterocycles. The first-order valence-electron chi connectivity index (χ1n) is 6.07. The van der Waals surface area contributed by atoms with Crippen molar-refractivity contribution in [3.05, 3.63) is 29.6 Å². The van der Waals surface area contributed by atoms with Gasteiger partial charge in [0.05, 0.1) is 7.11 Å². The van der Waals surface area contributed by atoms with Crippen molar-refractivity contribution in [3.8, 4) is 5.75 Å². The van der Waals surface area contributed by atoms with E-state index < -0.39 is 0 Å². The summed E-state index contributed by atoms with van der Waals surface area (Å²) in [5, 5.41) is 12.5. The topological polar surface area (TPSA) is 41.5 Å². The number of benzene rings is 1. The number of hydrogen-bond acceptors (Lipinski definition) is 3. The average Bonchev–Trinajstić information content (AvgIpc) is 2.36. The van der Waals surface area contributed by atoms with Crippen molar-refractivity contribution < 1.29 is 14.2 Å². The van der Waals surface area contributed by atoms with Gasteiger partial charge in [-0.25, -0.2) is 4.39 Å². The first kappa shape index (κ1) is 14.9. The summed E-state index contributed by atoms with van der Waals surface area (Å²) in [6.45, 7) is 6.78. The molecule has 0 bridgehead atoms. The molecule has 0 aliphatic rings. The Morgan fingerprint density at radius 2 is 2.11 bits per heavy atom. The lowest BCUT2D eigenvalue weighted by Gasteiger charge is -2.25. The van der Waals surface area contributed by atoms with E-state index in [0.717, 1.165) is 5.56 Å². The zero-order chi connectivity index (χ0) is 13.8. The Morgan fingerprint density at radius 1 is 1.44 bits per heavy atom. The van der Waals surface area contributed by atoms with Gasteiger partial charge in [-0.15, -0.1) is 0 Å². The predicted molar refractivity (Wildman–Crippen MR) is 70.2 cm³/mol. The van der Waals surface area contributed by atoms with Crippen molar-refractivity contribution in [2.45, 2.75) is 26.8 Å². The number of rotatable bonds is 6. The van der Waals surface area contributed by atoms with Gasteiger partial charge < -0.3 is 15.2 Å². The van der Waals surface area contributed by atoms with Gasteiger partial charge in [-0.3, -0.25) is 0 Å². The molecule has 1 unspecified atom stereocenters. The van der Waals surface area contributed by atoms with E-state index in [0.29, 0.717) is 6.54 Å². The van der Waals surface area contributed by atoms with Crippen LogP contribution < -0.4 is 10.1 Å². The second-order valence-electron chi connectivity index (χ2n) is 5.32. The summed E-state index contributed by atoms with van der Waals surface area (Å²) in [6, 6.07) is 4.91. The lowest BCUT2D eigenvalue weighted by atomic mass is 9.94. The van der Waals surface area contributed by atoms with E-state index in [1.807, 2.05) is 20.8 Å². The zero-order valence-electron chi connectivity index (χ0n) is 11.5. The normalized spacial score (nSPS) is 13.4. The first-order valence-corrected chi connectivity index (χ1v) is 6.07. The number of halogens is 1. The Hall–Kier alpha value is -1.13. The second-order valence-corrected chi connectivity index (χ2v) is 5.32. The highest BCUT2D eigenvalue weighted by Crippen LogP contribution is 2.23. The van der Waals surface area contributed by atoms with Crippen LogP contribution in [0.15, 0.2) is 18.2 Å². The molecule has 102 valence electrons. The van der Waals surface area contributed by atoms with E-state index in [-0.39, 0.29) is 29.6 Å². The zero-order valence-corrected chi connectivity index (χ0v) is 11.5. The Balaban J connectivity index is 2.70. The molecule has 1 aromatic carbocycles. The van der Waals surface area contributed by atoms with Crippen molar-refractivity contribution in [2.24, 2.45) is 5.41 Å². The van der Waals surface area contributed by atoms with Gasteiger partial charge in [0.15, 0.2) is 11.6 Å². The maximum Gasteiger partial charge on any atom is 0.165 e. The van der Waals surface area contributed by atoms with Crippen LogP contribution in [0.1, 0.15) is 32.4 Å². The standard InChI is InChI=1S/C14H22FNO2/c1-10(16-8-14(2,3)9-17)11-5-6-12(15)13(7-11)18-4/h5-7,10,16-17H,8-9H2,1-4H3. The summed E-state index contributed by atoms with van der Waals surface area (Å²) in [6.07, 6.45) is 0. The largest absolute Gasteiger partial charge is 0.494 e. The molecule has 0 spiro atoms. The molecule has 0 aromatic heterocycles. The average molecular weight is 255 g/mol. The Kier molecular flexibility index (Phi) is 5.11. The summed E-state index contributed by atoms with van der Waals surface area (Å²) in [4.78, 5) is 0. The maximum absolute atomic E-state index is 13.3. The molecule has 0 amide bonds. The number of methoxy groups -OCH3 is 1. The van der Waals surface area contributed by atoms with Gasteiger partial charge >= 0.3 is 0 Å². The number of aliphatic hydroxyl groups is 1. The predicted octanol–water partition coefficient (Wildman–Crippen LogP) is 2.50. The summed E-state index contributed by atoms with van der Waals surface area (Å²) >= 11 is 0. The van der Waals surface area contributed by atoms with Crippen LogP contribution in [0.4, 0.5) is 4.39 Å². The van der Waals surface area contributed by atoms with Crippen LogP contribution in [0.2, 0.25) is 0 Å². The van der Waals surface area contributed by atoms with Crippen molar-refractivity contribution >= 4 is 0 Å². The number of nitrogens with one attached hydrogen (secondary N) is 1. The van der Waals surface area contributed by atoms with Gasteiger partial charge in [-0.2, -0.15) is 0 Å². The lowest BCUT2D eigenvalue weighted by molar-refractivity contribution is 0.154. The molecule has 0 aliphatic carbocycles. The molecule has 1 atom stereocenters. The van der Waals surface area contributed by atoms with Gasteiger partial charge in [-0.05, 0) is 24.6 Å². The minimum absolute atomic E-state index is 0.0744. The SMILES string of the molecule is COc1cc(C(C)NCC(C)(C)CO)ccc1F. The van der Waals surface area contributed by atoms with Crippen molar-refractivity contribution in [3.63, 3.8) is 0 Å². The highest BCUT2D eigenvalue weighted by Gasteiger charge is 2.18. The number of hydrogen-bond donors (Lipinski definition) is 2. The van der Waals surface area contributed by atoms with Crippen molar-refractivity contribution in [1.82, 2.24) is 5.32 Å². The van der Waals surface area contributed by atoms with Crippen molar-refractivity contribution in [2.75, 3.05) is 20.3 Å². The van der Waals surface area contributed by atoms with Crippen LogP contribution in [0.25, 0.3) is 0 Å². The Morgan fingerprint density at radius 3 is 2.67 bits per heavy atom. The van der Waals surface area contributed by atoms with Gasteiger partial charge in [-0.1, -0.05) is 19.9 Å². The fourth-order valence-corrected chi connectivity index (χ4v) is 1.55. The third kappa shape index (κ3) is 3.96. The highest BCUT2D eigenvalue weighted by atomic mass is 19.1. The fraction of sp³-hybridized carbons (Fsp3) is 0.571. The Bertz CT molecular complexity index is 393. The summed E-state index contributed by atoms with van der Waals surface area (Å²) in [7, 11) is 1.45. The van der Waals surface area contributed by atoms with E-state index in [1.54, 1.807) is 12.1 Å². The molecule has 0 radical (unpaired) electrons. The minimum atomic E-state index is -0.357. The molecule has 18 heavy (non-hydrogen) atoms. The maximum atomic E-state index is 13.3. The third-order valence-electron chi connectivity index (χ3n) is 2.99. The van der Waals surface area contributed by atoms with Gasteiger partial charge in [0.25, 0.3) is 0 Å². The molecule has 1 rings (SSSR count). The van der Waals surface area contributed by atoms with Crippen LogP contribution in [-0.4, -0.2) is 25.4 Å². The van der Waals surface area contributed by atoms with Crippen LogP contribution >= 0.6 is 0 Å². The van der Waals surface area contributed by atoms with E-state index in [2.05, 4.69) is 5.32 Å². The van der Waals surface area contributed by atoms with Crippen molar-refractivity contribution in [1.29, 1.82) is 0 Å². The molecule has 0 saturated heterocycles. The molecule has 1 aromatic rings. The van der Waals surface area contributed by atoms with Crippen LogP contribution in [-0.2, 0) is 0 Å². The minimum Gasteiger partial charge on any atom is -0.494 e. The van der Waals surface area contributed by atoms with E-state index >= 15 is 0 Å². The third-order valence-corrected chi connectivity index (χ3v) is 2.99. The molecule has 3 nitrogen and oxygen atoms in total. The van der Waals surface area contributed by atoms with E-state index in [4.69, 9.17) is 4.74 Å². The highest BCUT2D eigenvalue weighted by molar-refractivity contribution is 5.31. The summed E-state index contributed by atoms with van der Waals surface area (Å²) < 4.78 is 18.2. The molecule has 0 heterocycles. The quantitative estimate of drug-likeness (QED) is 0.820. The summed E-state index contributed by atoms with van der Waals surface area (Å²) in [5.41, 5.74) is 0.792. The van der Waals surface area contributed by atoms with Gasteiger partial charge in [0, 0.05) is 24.6 Å². The lowest BCUT2D eigenvalue weighted by Crippen LogP contribution is -2.33. The first-order chi connectivity index (χ1) is 8.39. The molecule has 0 saturated carbocycles.